The van der Waals surface area contributed by atoms with E-state index in [4.69, 9.17) is 4.74 Å². The van der Waals surface area contributed by atoms with Crippen molar-refractivity contribution in [3.63, 3.8) is 0 Å². The van der Waals surface area contributed by atoms with Crippen LogP contribution >= 0.6 is 22.6 Å². The Kier molecular flexibility index (Phi) is 4.75. The maximum absolute atomic E-state index is 12.0. The predicted octanol–water partition coefficient (Wildman–Crippen LogP) is 3.45. The molecule has 0 saturated heterocycles. The molecule has 10 heteroatoms. The van der Waals surface area contributed by atoms with E-state index in [9.17, 15) is 25.0 Å². The fraction of sp³-hybridized carbons (Fsp3) is 0. The number of non-ortho nitro benzene ring substituents is 2. The molecule has 0 aliphatic carbocycles. The smallest absolute Gasteiger partial charge is 0.363 e. The predicted molar refractivity (Wildman–Crippen MR) is 99.5 cm³/mol. The van der Waals surface area contributed by atoms with Crippen molar-refractivity contribution >= 4 is 51.9 Å². The SMILES string of the molecule is O=C1OC(c2cc([N+](=O)[O-])cc([N+](=O)[O-])c2)=NC1=Cc1ccc(I)cc1. The van der Waals surface area contributed by atoms with Gasteiger partial charge in [-0.05, 0) is 46.4 Å². The second-order valence-corrected chi connectivity index (χ2v) is 6.39. The van der Waals surface area contributed by atoms with Gasteiger partial charge in [0.25, 0.3) is 11.4 Å². The van der Waals surface area contributed by atoms with Gasteiger partial charge in [0.2, 0.25) is 5.90 Å². The number of aliphatic imine (C=N–C) groups is 1. The maximum atomic E-state index is 12.0. The van der Waals surface area contributed by atoms with Crippen molar-refractivity contribution in [2.24, 2.45) is 4.99 Å². The van der Waals surface area contributed by atoms with Crippen LogP contribution < -0.4 is 0 Å². The zero-order valence-electron chi connectivity index (χ0n) is 12.8. The lowest BCUT2D eigenvalue weighted by Crippen LogP contribution is -2.06. The van der Waals surface area contributed by atoms with Gasteiger partial charge >= 0.3 is 5.97 Å². The van der Waals surface area contributed by atoms with Crippen LogP contribution in [0.3, 0.4) is 0 Å². The molecule has 26 heavy (non-hydrogen) atoms. The van der Waals surface area contributed by atoms with Crippen LogP contribution in [0.1, 0.15) is 11.1 Å². The molecule has 0 spiro atoms. The number of carbonyl (C=O) groups is 1. The molecule has 3 rings (SSSR count). The lowest BCUT2D eigenvalue weighted by molar-refractivity contribution is -0.394. The number of benzene rings is 2. The molecule has 0 fully saturated rings. The van der Waals surface area contributed by atoms with E-state index in [2.05, 4.69) is 27.6 Å². The minimum absolute atomic E-state index is 0.00429. The quantitative estimate of drug-likeness (QED) is 0.224. The zero-order chi connectivity index (χ0) is 18.8. The molecular weight excluding hydrogens is 457 g/mol. The Morgan fingerprint density at radius 3 is 2.12 bits per heavy atom. The van der Waals surface area contributed by atoms with Crippen LogP contribution in [0.15, 0.2) is 53.2 Å². The van der Waals surface area contributed by atoms with Gasteiger partial charge in [0.1, 0.15) is 0 Å². The first-order chi connectivity index (χ1) is 12.3. The Balaban J connectivity index is 2.02. The normalized spacial score (nSPS) is 14.9. The van der Waals surface area contributed by atoms with Crippen LogP contribution in [0.4, 0.5) is 11.4 Å². The third-order valence-corrected chi connectivity index (χ3v) is 4.08. The molecule has 0 N–H and O–H groups in total. The van der Waals surface area contributed by atoms with Crippen LogP contribution in [0, 0.1) is 23.8 Å². The van der Waals surface area contributed by atoms with Gasteiger partial charge in [-0.15, -0.1) is 0 Å². The van der Waals surface area contributed by atoms with Gasteiger partial charge in [-0.2, -0.15) is 0 Å². The Morgan fingerprint density at radius 2 is 1.58 bits per heavy atom. The molecule has 0 bridgehead atoms. The Hall–Kier alpha value is -3.15. The number of carbonyl (C=O) groups excluding carboxylic acids is 1. The van der Waals surface area contributed by atoms with Crippen molar-refractivity contribution in [3.05, 3.63) is 83.1 Å². The minimum Gasteiger partial charge on any atom is -0.402 e. The summed E-state index contributed by atoms with van der Waals surface area (Å²) in [6, 6.07) is 10.2. The molecule has 0 saturated carbocycles. The molecule has 2 aromatic rings. The van der Waals surface area contributed by atoms with Gasteiger partial charge < -0.3 is 4.74 Å². The Labute approximate surface area is 159 Å². The molecule has 0 radical (unpaired) electrons. The van der Waals surface area contributed by atoms with E-state index < -0.39 is 27.2 Å². The summed E-state index contributed by atoms with van der Waals surface area (Å²) in [5.74, 6) is -0.966. The molecule has 1 aliphatic heterocycles. The first kappa shape index (κ1) is 17.7. The van der Waals surface area contributed by atoms with Gasteiger partial charge in [-0.1, -0.05) is 12.1 Å². The van der Waals surface area contributed by atoms with Crippen LogP contribution in [0.25, 0.3) is 6.08 Å². The lowest BCUT2D eigenvalue weighted by Gasteiger charge is -2.00. The van der Waals surface area contributed by atoms with Crippen molar-refractivity contribution in [1.82, 2.24) is 0 Å². The largest absolute Gasteiger partial charge is 0.402 e. The van der Waals surface area contributed by atoms with E-state index in [0.717, 1.165) is 21.8 Å². The molecule has 1 heterocycles. The summed E-state index contributed by atoms with van der Waals surface area (Å²) in [4.78, 5) is 36.4. The van der Waals surface area contributed by atoms with E-state index in [1.165, 1.54) is 6.08 Å². The Morgan fingerprint density at radius 1 is 1.00 bits per heavy atom. The summed E-state index contributed by atoms with van der Waals surface area (Å²) in [6.07, 6.45) is 1.50. The van der Waals surface area contributed by atoms with Crippen molar-refractivity contribution in [3.8, 4) is 0 Å². The monoisotopic (exact) mass is 465 g/mol. The van der Waals surface area contributed by atoms with E-state index in [1.807, 2.05) is 12.1 Å². The average molecular weight is 465 g/mol. The van der Waals surface area contributed by atoms with Gasteiger partial charge in [-0.25, -0.2) is 9.79 Å². The molecule has 130 valence electrons. The molecule has 9 nitrogen and oxygen atoms in total. The number of nitrogens with zero attached hydrogens (tertiary/aromatic N) is 3. The number of nitro groups is 2. The van der Waals surface area contributed by atoms with Crippen molar-refractivity contribution in [1.29, 1.82) is 0 Å². The highest BCUT2D eigenvalue weighted by molar-refractivity contribution is 14.1. The summed E-state index contributed by atoms with van der Waals surface area (Å²) < 4.78 is 6.04. The number of nitro benzene ring substituents is 2. The van der Waals surface area contributed by atoms with Crippen LogP contribution in [-0.2, 0) is 9.53 Å². The van der Waals surface area contributed by atoms with Gasteiger partial charge in [0, 0.05) is 15.7 Å². The highest BCUT2D eigenvalue weighted by Gasteiger charge is 2.27. The summed E-state index contributed by atoms with van der Waals surface area (Å²) in [5, 5.41) is 21.9. The van der Waals surface area contributed by atoms with Crippen LogP contribution in [-0.4, -0.2) is 21.7 Å². The minimum atomic E-state index is -0.768. The summed E-state index contributed by atoms with van der Waals surface area (Å²) in [7, 11) is 0. The lowest BCUT2D eigenvalue weighted by atomic mass is 10.1. The molecule has 0 unspecified atom stereocenters. The van der Waals surface area contributed by atoms with E-state index in [1.54, 1.807) is 12.1 Å². The maximum Gasteiger partial charge on any atom is 0.363 e. The number of hydrogen-bond acceptors (Lipinski definition) is 7. The number of hydrogen-bond donors (Lipinski definition) is 0. The zero-order valence-corrected chi connectivity index (χ0v) is 14.9. The highest BCUT2D eigenvalue weighted by Crippen LogP contribution is 2.26. The van der Waals surface area contributed by atoms with E-state index in [0.29, 0.717) is 5.56 Å². The van der Waals surface area contributed by atoms with Gasteiger partial charge in [0.15, 0.2) is 5.70 Å². The number of halogens is 1. The summed E-state index contributed by atoms with van der Waals surface area (Å²) >= 11 is 2.14. The average Bonchev–Trinajstić information content (AvgIpc) is 2.97. The number of cyclic esters (lactones) is 1. The Bertz CT molecular complexity index is 965. The summed E-state index contributed by atoms with van der Waals surface area (Å²) in [5.41, 5.74) is -0.306. The number of rotatable bonds is 4. The highest BCUT2D eigenvalue weighted by atomic mass is 127. The molecular formula is C16H8IN3O6. The fourth-order valence-corrected chi connectivity index (χ4v) is 2.54. The molecule has 0 aromatic heterocycles. The second-order valence-electron chi connectivity index (χ2n) is 5.14. The second kappa shape index (κ2) is 7.00. The first-order valence-electron chi connectivity index (χ1n) is 7.06. The molecule has 2 aromatic carbocycles. The number of esters is 1. The fourth-order valence-electron chi connectivity index (χ4n) is 2.18. The van der Waals surface area contributed by atoms with Gasteiger partial charge in [0.05, 0.1) is 21.5 Å². The van der Waals surface area contributed by atoms with Crippen LogP contribution in [0.5, 0.6) is 0 Å². The first-order valence-corrected chi connectivity index (χ1v) is 8.14. The standard InChI is InChI=1S/C16H8IN3O6/c17-11-3-1-9(2-4-11)5-14-16(21)26-15(18-14)10-6-12(19(22)23)8-13(7-10)20(24)25/h1-8H. The summed E-state index contributed by atoms with van der Waals surface area (Å²) in [6.45, 7) is 0. The third-order valence-electron chi connectivity index (χ3n) is 3.37. The number of ether oxygens (including phenoxy) is 1. The van der Waals surface area contributed by atoms with Crippen molar-refractivity contribution in [2.75, 3.05) is 0 Å². The molecule has 0 atom stereocenters. The molecule has 0 amide bonds. The topological polar surface area (TPSA) is 125 Å². The van der Waals surface area contributed by atoms with Crippen LogP contribution in [0.2, 0.25) is 0 Å². The van der Waals surface area contributed by atoms with E-state index >= 15 is 0 Å². The van der Waals surface area contributed by atoms with Crippen molar-refractivity contribution in [2.45, 2.75) is 0 Å². The van der Waals surface area contributed by atoms with E-state index in [-0.39, 0.29) is 17.2 Å². The molecule has 1 aliphatic rings. The van der Waals surface area contributed by atoms with Gasteiger partial charge in [-0.3, -0.25) is 20.2 Å². The van der Waals surface area contributed by atoms with Crippen molar-refractivity contribution < 1.29 is 19.4 Å². The third kappa shape index (κ3) is 3.74.